The van der Waals surface area contributed by atoms with Crippen molar-refractivity contribution in [3.63, 3.8) is 0 Å². The van der Waals surface area contributed by atoms with Crippen LogP contribution in [0, 0.1) is 0 Å². The second-order valence-electron chi connectivity index (χ2n) is 4.78. The summed E-state index contributed by atoms with van der Waals surface area (Å²) in [6.45, 7) is 8.42. The number of rotatable bonds is 5. The lowest BCUT2D eigenvalue weighted by Gasteiger charge is -2.10. The number of hydrogen-bond acceptors (Lipinski definition) is 5. The minimum Gasteiger partial charge on any atom is -0.493 e. The third kappa shape index (κ3) is 5.19. The van der Waals surface area contributed by atoms with Crippen molar-refractivity contribution in [3.8, 4) is 11.5 Å². The van der Waals surface area contributed by atoms with Crippen LogP contribution in [0.1, 0.15) is 30.1 Å². The van der Waals surface area contributed by atoms with Crippen molar-refractivity contribution < 1.29 is 14.3 Å². The van der Waals surface area contributed by atoms with E-state index in [2.05, 4.69) is 23.7 Å². The highest BCUT2D eigenvalue weighted by Crippen LogP contribution is 2.33. The van der Waals surface area contributed by atoms with Crippen molar-refractivity contribution in [2.24, 2.45) is 4.99 Å². The first-order chi connectivity index (χ1) is 10.2. The Kier molecular flexibility index (Phi) is 7.46. The van der Waals surface area contributed by atoms with Gasteiger partial charge in [-0.05, 0) is 52.7 Å². The van der Waals surface area contributed by atoms with E-state index in [1.54, 1.807) is 12.1 Å². The first-order valence-corrected chi connectivity index (χ1v) is 7.11. The molecule has 116 valence electrons. The van der Waals surface area contributed by atoms with Crippen LogP contribution in [-0.2, 0) is 0 Å². The van der Waals surface area contributed by atoms with E-state index in [1.165, 1.54) is 33.0 Å². The lowest BCUT2D eigenvalue weighted by atomic mass is 10.1. The lowest BCUT2D eigenvalue weighted by Crippen LogP contribution is -2.10. The van der Waals surface area contributed by atoms with Crippen molar-refractivity contribution in [2.45, 2.75) is 19.8 Å². The van der Waals surface area contributed by atoms with Gasteiger partial charge in [-0.3, -0.25) is 9.79 Å². The van der Waals surface area contributed by atoms with Crippen LogP contribution in [0.25, 0.3) is 0 Å². The molecule has 0 spiro atoms. The number of carbonyl (C=O) groups is 1. The molecule has 0 aromatic heterocycles. The molecule has 1 aliphatic rings. The Morgan fingerprint density at radius 1 is 1.33 bits per heavy atom. The number of methoxy groups -OCH3 is 1. The first kappa shape index (κ1) is 17.2. The van der Waals surface area contributed by atoms with E-state index in [4.69, 9.17) is 9.47 Å². The molecule has 1 fully saturated rings. The van der Waals surface area contributed by atoms with Gasteiger partial charge in [0.15, 0.2) is 17.8 Å². The number of benzene rings is 1. The van der Waals surface area contributed by atoms with E-state index in [0.717, 1.165) is 0 Å². The zero-order valence-electron chi connectivity index (χ0n) is 13.1. The topological polar surface area (TPSA) is 51.1 Å². The van der Waals surface area contributed by atoms with Gasteiger partial charge in [-0.25, -0.2) is 0 Å². The Morgan fingerprint density at radius 3 is 2.38 bits per heavy atom. The number of ether oxygens (including phenoxy) is 2. The maximum Gasteiger partial charge on any atom is 0.163 e. The summed E-state index contributed by atoms with van der Waals surface area (Å²) in [7, 11) is 3.69. The van der Waals surface area contributed by atoms with E-state index in [-0.39, 0.29) is 0 Å². The van der Waals surface area contributed by atoms with Crippen LogP contribution in [0.2, 0.25) is 0 Å². The average molecular weight is 292 g/mol. The molecular formula is C16H24N2O3. The van der Waals surface area contributed by atoms with Gasteiger partial charge in [-0.1, -0.05) is 0 Å². The monoisotopic (exact) mass is 292 g/mol. The van der Waals surface area contributed by atoms with Gasteiger partial charge < -0.3 is 14.4 Å². The highest BCUT2D eigenvalue weighted by atomic mass is 16.5. The molecule has 0 aliphatic carbocycles. The van der Waals surface area contributed by atoms with Gasteiger partial charge in [-0.15, -0.1) is 0 Å². The van der Waals surface area contributed by atoms with Crippen molar-refractivity contribution >= 4 is 18.7 Å². The van der Waals surface area contributed by atoms with Crippen LogP contribution < -0.4 is 9.47 Å². The van der Waals surface area contributed by atoms with Gasteiger partial charge >= 0.3 is 0 Å². The van der Waals surface area contributed by atoms with Crippen LogP contribution >= 0.6 is 0 Å². The van der Waals surface area contributed by atoms with Crippen LogP contribution in [0.15, 0.2) is 17.1 Å². The molecule has 0 unspecified atom stereocenters. The molecular weight excluding hydrogens is 268 g/mol. The molecule has 0 bridgehead atoms. The van der Waals surface area contributed by atoms with Crippen molar-refractivity contribution in [1.29, 1.82) is 0 Å². The molecule has 0 atom stereocenters. The zero-order valence-corrected chi connectivity index (χ0v) is 13.1. The molecule has 21 heavy (non-hydrogen) atoms. The fourth-order valence-electron chi connectivity index (χ4n) is 2.10. The summed E-state index contributed by atoms with van der Waals surface area (Å²) in [6.07, 6.45) is 3.54. The SMILES string of the molecule is C=Nc1cc(OCC)c(OC)cc1C=O.CN1CCCC1. The van der Waals surface area contributed by atoms with E-state index in [9.17, 15) is 4.79 Å². The second kappa shape index (κ2) is 9.13. The minimum absolute atomic E-state index is 0.435. The highest BCUT2D eigenvalue weighted by molar-refractivity contribution is 5.85. The molecule has 1 heterocycles. The van der Waals surface area contributed by atoms with Gasteiger partial charge in [-0.2, -0.15) is 0 Å². The number of carbonyl (C=O) groups excluding carboxylic acids is 1. The molecule has 5 heteroatoms. The third-order valence-electron chi connectivity index (χ3n) is 3.24. The molecule has 5 nitrogen and oxygen atoms in total. The third-order valence-corrected chi connectivity index (χ3v) is 3.24. The summed E-state index contributed by atoms with van der Waals surface area (Å²) in [6, 6.07) is 3.22. The van der Waals surface area contributed by atoms with Gasteiger partial charge in [0.05, 0.1) is 19.4 Å². The average Bonchev–Trinajstić information content (AvgIpc) is 2.98. The number of likely N-dealkylation sites (tertiary alicyclic amines) is 1. The number of aldehydes is 1. The summed E-state index contributed by atoms with van der Waals surface area (Å²) in [5.74, 6) is 1.08. The quantitative estimate of drug-likeness (QED) is 0.618. The van der Waals surface area contributed by atoms with Gasteiger partial charge in [0, 0.05) is 11.6 Å². The smallest absolute Gasteiger partial charge is 0.163 e. The Labute approximate surface area is 126 Å². The Hall–Kier alpha value is -1.88. The Bertz CT molecular complexity index is 469. The second-order valence-corrected chi connectivity index (χ2v) is 4.78. The van der Waals surface area contributed by atoms with Crippen molar-refractivity contribution in [3.05, 3.63) is 17.7 Å². The molecule has 1 aromatic rings. The normalized spacial score (nSPS) is 14.0. The molecule has 1 aliphatic heterocycles. The molecule has 0 amide bonds. The van der Waals surface area contributed by atoms with E-state index >= 15 is 0 Å². The van der Waals surface area contributed by atoms with E-state index in [0.29, 0.717) is 35.6 Å². The van der Waals surface area contributed by atoms with E-state index in [1.807, 2.05) is 6.92 Å². The van der Waals surface area contributed by atoms with Gasteiger partial charge in [0.25, 0.3) is 0 Å². The standard InChI is InChI=1S/C11H13NO3.C5H11N/c1-4-15-11-6-9(12-2)8(7-13)5-10(11)14-3;1-6-4-2-3-5-6/h5-7H,2,4H2,1,3H3;2-5H2,1H3. The van der Waals surface area contributed by atoms with Crippen LogP contribution in [0.5, 0.6) is 11.5 Å². The van der Waals surface area contributed by atoms with Gasteiger partial charge in [0.1, 0.15) is 0 Å². The predicted molar refractivity (Wildman–Crippen MR) is 85.5 cm³/mol. The molecule has 0 saturated carbocycles. The summed E-state index contributed by atoms with van der Waals surface area (Å²) in [4.78, 5) is 16.8. The summed E-state index contributed by atoms with van der Waals surface area (Å²) < 4.78 is 10.4. The summed E-state index contributed by atoms with van der Waals surface area (Å²) in [5, 5.41) is 0. The largest absolute Gasteiger partial charge is 0.493 e. The zero-order chi connectivity index (χ0) is 15.7. The Morgan fingerprint density at radius 2 is 2.00 bits per heavy atom. The fraction of sp³-hybridized carbons (Fsp3) is 0.500. The number of aliphatic imine (C=N–C) groups is 1. The fourth-order valence-corrected chi connectivity index (χ4v) is 2.10. The molecule has 0 N–H and O–H groups in total. The number of hydrogen-bond donors (Lipinski definition) is 0. The highest BCUT2D eigenvalue weighted by Gasteiger charge is 2.09. The van der Waals surface area contributed by atoms with Crippen molar-refractivity contribution in [2.75, 3.05) is 33.9 Å². The molecule has 2 rings (SSSR count). The molecule has 0 radical (unpaired) electrons. The van der Waals surface area contributed by atoms with Gasteiger partial charge in [0.2, 0.25) is 0 Å². The first-order valence-electron chi connectivity index (χ1n) is 7.11. The van der Waals surface area contributed by atoms with Crippen LogP contribution in [0.3, 0.4) is 0 Å². The maximum absolute atomic E-state index is 10.7. The van der Waals surface area contributed by atoms with E-state index < -0.39 is 0 Å². The minimum atomic E-state index is 0.435. The molecule has 1 saturated heterocycles. The molecule has 1 aromatic carbocycles. The van der Waals surface area contributed by atoms with Crippen LogP contribution in [0.4, 0.5) is 5.69 Å². The predicted octanol–water partition coefficient (Wildman–Crippen LogP) is 2.95. The lowest BCUT2D eigenvalue weighted by molar-refractivity contribution is 0.112. The maximum atomic E-state index is 10.7. The summed E-state index contributed by atoms with van der Waals surface area (Å²) >= 11 is 0. The Balaban J connectivity index is 0.000000304. The summed E-state index contributed by atoms with van der Waals surface area (Å²) in [5.41, 5.74) is 0.930. The van der Waals surface area contributed by atoms with Crippen molar-refractivity contribution in [1.82, 2.24) is 4.90 Å². The number of nitrogens with zero attached hydrogens (tertiary/aromatic N) is 2. The van der Waals surface area contributed by atoms with Crippen LogP contribution in [-0.4, -0.2) is 51.8 Å².